The number of ether oxygens (including phenoxy) is 1. The molecule has 1 heterocycles. The van der Waals surface area contributed by atoms with Crippen molar-refractivity contribution in [3.63, 3.8) is 0 Å². The van der Waals surface area contributed by atoms with Gasteiger partial charge in [0.25, 0.3) is 0 Å². The summed E-state index contributed by atoms with van der Waals surface area (Å²) in [5.74, 6) is -0.919. The van der Waals surface area contributed by atoms with E-state index in [9.17, 15) is 4.79 Å². The van der Waals surface area contributed by atoms with Gasteiger partial charge in [-0.3, -0.25) is 0 Å². The molecule has 1 rings (SSSR count). The maximum absolute atomic E-state index is 10.4. The fourth-order valence-corrected chi connectivity index (χ4v) is 2.68. The van der Waals surface area contributed by atoms with Crippen LogP contribution in [-0.4, -0.2) is 17.7 Å². The molecule has 112 valence electrons. The van der Waals surface area contributed by atoms with E-state index in [0.29, 0.717) is 6.61 Å². The van der Waals surface area contributed by atoms with Gasteiger partial charge < -0.3 is 9.84 Å². The number of hydrogen-bond donors (Lipinski definition) is 1. The molecule has 4 heteroatoms. The smallest absolute Gasteiger partial charge is 0.328 e. The van der Waals surface area contributed by atoms with Gasteiger partial charge in [-0.15, -0.1) is 11.3 Å². The Morgan fingerprint density at radius 1 is 1.30 bits per heavy atom. The lowest BCUT2D eigenvalue weighted by Crippen LogP contribution is -1.94. The molecule has 0 aliphatic rings. The van der Waals surface area contributed by atoms with Crippen molar-refractivity contribution >= 4 is 23.4 Å². The first-order valence-electron chi connectivity index (χ1n) is 7.28. The second-order valence-electron chi connectivity index (χ2n) is 4.84. The van der Waals surface area contributed by atoms with Crippen molar-refractivity contribution in [2.24, 2.45) is 0 Å². The van der Waals surface area contributed by atoms with Gasteiger partial charge in [-0.1, -0.05) is 39.0 Å². The summed E-state index contributed by atoms with van der Waals surface area (Å²) in [7, 11) is 0. The molecule has 0 saturated carbocycles. The highest BCUT2D eigenvalue weighted by atomic mass is 32.1. The minimum Gasteiger partial charge on any atom is -0.478 e. The molecule has 1 aromatic heterocycles. The molecule has 0 aliphatic carbocycles. The average Bonchev–Trinajstić information content (AvgIpc) is 2.87. The molecule has 0 amide bonds. The minimum absolute atomic E-state index is 0.626. The number of aliphatic carboxylic acids is 1. The molecular formula is C16H24O3S. The SMILES string of the molecule is CCCCCCCCOCc1cc(C=CC(=O)O)cs1. The van der Waals surface area contributed by atoms with E-state index in [1.807, 2.05) is 11.4 Å². The third-order valence-electron chi connectivity index (χ3n) is 2.98. The maximum atomic E-state index is 10.4. The molecule has 0 saturated heterocycles. The van der Waals surface area contributed by atoms with Crippen LogP contribution >= 0.6 is 11.3 Å². The van der Waals surface area contributed by atoms with Crippen LogP contribution in [0.25, 0.3) is 6.08 Å². The van der Waals surface area contributed by atoms with Crippen LogP contribution in [0.15, 0.2) is 17.5 Å². The highest BCUT2D eigenvalue weighted by molar-refractivity contribution is 7.10. The Morgan fingerprint density at radius 2 is 2.05 bits per heavy atom. The molecule has 0 spiro atoms. The average molecular weight is 296 g/mol. The van der Waals surface area contributed by atoms with Crippen molar-refractivity contribution in [1.29, 1.82) is 0 Å². The molecule has 20 heavy (non-hydrogen) atoms. The molecule has 1 aromatic rings. The Labute approximate surface area is 125 Å². The zero-order valence-electron chi connectivity index (χ0n) is 12.1. The van der Waals surface area contributed by atoms with Crippen LogP contribution in [0.5, 0.6) is 0 Å². The number of thiophene rings is 1. The van der Waals surface area contributed by atoms with Crippen molar-refractivity contribution in [1.82, 2.24) is 0 Å². The molecule has 0 unspecified atom stereocenters. The van der Waals surface area contributed by atoms with Gasteiger partial charge in [0.2, 0.25) is 0 Å². The highest BCUT2D eigenvalue weighted by Gasteiger charge is 1.99. The van der Waals surface area contributed by atoms with E-state index < -0.39 is 5.97 Å². The lowest BCUT2D eigenvalue weighted by Gasteiger charge is -2.02. The first-order chi connectivity index (χ1) is 9.72. The Hall–Kier alpha value is -1.13. The number of unbranched alkanes of at least 4 members (excludes halogenated alkanes) is 5. The summed E-state index contributed by atoms with van der Waals surface area (Å²) < 4.78 is 5.64. The van der Waals surface area contributed by atoms with Crippen molar-refractivity contribution in [2.45, 2.75) is 52.1 Å². The molecule has 0 fully saturated rings. The third kappa shape index (κ3) is 8.12. The number of carbonyl (C=O) groups is 1. The van der Waals surface area contributed by atoms with E-state index in [1.165, 1.54) is 32.1 Å². The van der Waals surface area contributed by atoms with E-state index in [1.54, 1.807) is 17.4 Å². The van der Waals surface area contributed by atoms with Crippen LogP contribution in [-0.2, 0) is 16.1 Å². The predicted octanol–water partition coefficient (Wildman–Crippen LogP) is 4.72. The summed E-state index contributed by atoms with van der Waals surface area (Å²) in [6, 6.07) is 1.98. The van der Waals surface area contributed by atoms with Crippen LogP contribution in [0, 0.1) is 0 Å². The first kappa shape index (κ1) is 16.9. The monoisotopic (exact) mass is 296 g/mol. The predicted molar refractivity (Wildman–Crippen MR) is 84.0 cm³/mol. The molecule has 3 nitrogen and oxygen atoms in total. The van der Waals surface area contributed by atoms with Gasteiger partial charge in [0, 0.05) is 17.6 Å². The molecule has 0 radical (unpaired) electrons. The zero-order chi connectivity index (χ0) is 14.6. The van der Waals surface area contributed by atoms with Crippen molar-refractivity contribution < 1.29 is 14.6 Å². The Kier molecular flexibility index (Phi) is 9.00. The first-order valence-corrected chi connectivity index (χ1v) is 8.16. The second-order valence-corrected chi connectivity index (χ2v) is 5.83. The van der Waals surface area contributed by atoms with E-state index >= 15 is 0 Å². The van der Waals surface area contributed by atoms with E-state index in [-0.39, 0.29) is 0 Å². The van der Waals surface area contributed by atoms with Crippen LogP contribution in [0.3, 0.4) is 0 Å². The van der Waals surface area contributed by atoms with Gasteiger partial charge in [-0.25, -0.2) is 4.79 Å². The summed E-state index contributed by atoms with van der Waals surface area (Å²) in [6.45, 7) is 3.66. The van der Waals surface area contributed by atoms with Gasteiger partial charge >= 0.3 is 5.97 Å². The summed E-state index contributed by atoms with van der Waals surface area (Å²) in [4.78, 5) is 11.5. The summed E-state index contributed by atoms with van der Waals surface area (Å²) in [5, 5.41) is 10.5. The third-order valence-corrected chi connectivity index (χ3v) is 3.91. The molecule has 0 bridgehead atoms. The van der Waals surface area contributed by atoms with Gasteiger partial charge in [0.15, 0.2) is 0 Å². The molecule has 0 aromatic carbocycles. The fourth-order valence-electron chi connectivity index (χ4n) is 1.89. The summed E-state index contributed by atoms with van der Waals surface area (Å²) in [6.07, 6.45) is 10.4. The molecule has 0 aliphatic heterocycles. The number of carboxylic acids is 1. The molecule has 1 N–H and O–H groups in total. The Morgan fingerprint density at radius 3 is 2.80 bits per heavy atom. The lowest BCUT2D eigenvalue weighted by atomic mass is 10.1. The van der Waals surface area contributed by atoms with Gasteiger partial charge in [-0.2, -0.15) is 0 Å². The van der Waals surface area contributed by atoms with Gasteiger partial charge in [0.1, 0.15) is 0 Å². The Bertz CT molecular complexity index is 410. The largest absolute Gasteiger partial charge is 0.478 e. The summed E-state index contributed by atoms with van der Waals surface area (Å²) in [5.41, 5.74) is 0.926. The van der Waals surface area contributed by atoms with Crippen molar-refractivity contribution in [3.8, 4) is 0 Å². The quantitative estimate of drug-likeness (QED) is 0.474. The zero-order valence-corrected chi connectivity index (χ0v) is 13.0. The van der Waals surface area contributed by atoms with Crippen LogP contribution in [0.4, 0.5) is 0 Å². The normalized spacial score (nSPS) is 11.2. The standard InChI is InChI=1S/C16H24O3S/c1-2-3-4-5-6-7-10-19-12-15-11-14(13-20-15)8-9-16(17)18/h8-9,11,13H,2-7,10,12H2,1H3,(H,17,18). The van der Waals surface area contributed by atoms with E-state index in [4.69, 9.17) is 9.84 Å². The number of hydrogen-bond acceptors (Lipinski definition) is 3. The van der Waals surface area contributed by atoms with E-state index in [2.05, 4.69) is 6.92 Å². The van der Waals surface area contributed by atoms with Gasteiger partial charge in [-0.05, 0) is 29.5 Å². The second kappa shape index (κ2) is 10.6. The van der Waals surface area contributed by atoms with Gasteiger partial charge in [0.05, 0.1) is 6.61 Å². The van der Waals surface area contributed by atoms with Crippen LogP contribution in [0.2, 0.25) is 0 Å². The lowest BCUT2D eigenvalue weighted by molar-refractivity contribution is -0.131. The highest BCUT2D eigenvalue weighted by Crippen LogP contribution is 2.17. The van der Waals surface area contributed by atoms with Crippen LogP contribution in [0.1, 0.15) is 55.9 Å². The maximum Gasteiger partial charge on any atom is 0.328 e. The summed E-state index contributed by atoms with van der Waals surface area (Å²) >= 11 is 1.61. The van der Waals surface area contributed by atoms with Crippen molar-refractivity contribution in [2.75, 3.05) is 6.61 Å². The van der Waals surface area contributed by atoms with Crippen LogP contribution < -0.4 is 0 Å². The molecule has 0 atom stereocenters. The minimum atomic E-state index is -0.919. The Balaban J connectivity index is 2.09. The fraction of sp³-hybridized carbons (Fsp3) is 0.562. The van der Waals surface area contributed by atoms with Crippen molar-refractivity contribution in [3.05, 3.63) is 28.0 Å². The van der Waals surface area contributed by atoms with E-state index in [0.717, 1.165) is 29.5 Å². The topological polar surface area (TPSA) is 46.5 Å². The molecular weight excluding hydrogens is 272 g/mol. The number of rotatable bonds is 11. The number of carboxylic acid groups (broad SMARTS) is 1.